The minimum atomic E-state index is -0.400. The van der Waals surface area contributed by atoms with E-state index in [1.54, 1.807) is 18.7 Å². The van der Waals surface area contributed by atoms with Crippen molar-refractivity contribution in [3.8, 4) is 0 Å². The summed E-state index contributed by atoms with van der Waals surface area (Å²) in [5.41, 5.74) is 2.12. The van der Waals surface area contributed by atoms with Crippen molar-refractivity contribution in [3.05, 3.63) is 27.8 Å². The number of nitrogens with one attached hydrogen (secondary N) is 1. The molecular formula is C12H15N3O3S. The molecule has 0 atom stereocenters. The van der Waals surface area contributed by atoms with E-state index in [2.05, 4.69) is 10.3 Å². The molecular weight excluding hydrogens is 266 g/mol. The lowest BCUT2D eigenvalue weighted by Crippen LogP contribution is -2.36. The lowest BCUT2D eigenvalue weighted by atomic mass is 10.1. The minimum absolute atomic E-state index is 0.0166. The first-order valence-electron chi connectivity index (χ1n) is 5.72. The maximum Gasteiger partial charge on any atom is 0.319 e. The van der Waals surface area contributed by atoms with Gasteiger partial charge in [-0.3, -0.25) is 10.1 Å². The standard InChI is InChI=1S/C12H15N3O3S/c1-12(2,6-18-3)14-8-4-5-9-10(13-7-19-9)11(8)15(16)17/h4-5,7,14H,6H2,1-3H3. The van der Waals surface area contributed by atoms with Crippen LogP contribution in [0.15, 0.2) is 17.6 Å². The van der Waals surface area contributed by atoms with Crippen molar-refractivity contribution in [2.45, 2.75) is 19.4 Å². The average molecular weight is 281 g/mol. The van der Waals surface area contributed by atoms with Gasteiger partial charge in [0.15, 0.2) is 5.52 Å². The molecule has 1 aromatic heterocycles. The molecule has 0 aliphatic heterocycles. The number of thiazole rings is 1. The summed E-state index contributed by atoms with van der Waals surface area (Å²) in [6.45, 7) is 4.29. The van der Waals surface area contributed by atoms with Gasteiger partial charge in [0.2, 0.25) is 0 Å². The summed E-state index contributed by atoms with van der Waals surface area (Å²) in [7, 11) is 1.60. The largest absolute Gasteiger partial charge is 0.382 e. The molecule has 1 N–H and O–H groups in total. The summed E-state index contributed by atoms with van der Waals surface area (Å²) >= 11 is 1.39. The number of ether oxygens (including phenoxy) is 1. The molecule has 0 aliphatic carbocycles. The summed E-state index contributed by atoms with van der Waals surface area (Å²) in [6.07, 6.45) is 0. The van der Waals surface area contributed by atoms with Gasteiger partial charge in [-0.25, -0.2) is 4.98 Å². The first-order valence-corrected chi connectivity index (χ1v) is 6.60. The van der Waals surface area contributed by atoms with Crippen molar-refractivity contribution in [1.82, 2.24) is 4.98 Å². The van der Waals surface area contributed by atoms with Crippen LogP contribution in [0, 0.1) is 10.1 Å². The molecule has 6 nitrogen and oxygen atoms in total. The monoisotopic (exact) mass is 281 g/mol. The van der Waals surface area contributed by atoms with Crippen molar-refractivity contribution in [2.24, 2.45) is 0 Å². The predicted molar refractivity (Wildman–Crippen MR) is 75.9 cm³/mol. The molecule has 0 unspecified atom stereocenters. The number of anilines is 1. The Morgan fingerprint density at radius 3 is 2.89 bits per heavy atom. The fourth-order valence-electron chi connectivity index (χ4n) is 1.96. The molecule has 1 heterocycles. The Hall–Kier alpha value is -1.73. The summed E-state index contributed by atoms with van der Waals surface area (Å²) in [4.78, 5) is 15.0. The summed E-state index contributed by atoms with van der Waals surface area (Å²) in [5.74, 6) is 0. The van der Waals surface area contributed by atoms with Crippen LogP contribution in [0.1, 0.15) is 13.8 Å². The van der Waals surface area contributed by atoms with Gasteiger partial charge in [0.25, 0.3) is 0 Å². The van der Waals surface area contributed by atoms with E-state index in [0.717, 1.165) is 4.70 Å². The van der Waals surface area contributed by atoms with Crippen LogP contribution in [0.2, 0.25) is 0 Å². The predicted octanol–water partition coefficient (Wildman–Crippen LogP) is 3.04. The van der Waals surface area contributed by atoms with E-state index in [4.69, 9.17) is 4.74 Å². The van der Waals surface area contributed by atoms with Crippen molar-refractivity contribution < 1.29 is 9.66 Å². The molecule has 2 rings (SSSR count). The smallest absolute Gasteiger partial charge is 0.319 e. The Morgan fingerprint density at radius 2 is 2.26 bits per heavy atom. The van der Waals surface area contributed by atoms with Gasteiger partial charge >= 0.3 is 5.69 Å². The van der Waals surface area contributed by atoms with Gasteiger partial charge in [-0.05, 0) is 26.0 Å². The topological polar surface area (TPSA) is 77.3 Å². The molecule has 2 aromatic rings. The van der Waals surface area contributed by atoms with Gasteiger partial charge in [0, 0.05) is 7.11 Å². The highest BCUT2D eigenvalue weighted by Crippen LogP contribution is 2.35. The highest BCUT2D eigenvalue weighted by molar-refractivity contribution is 7.16. The van der Waals surface area contributed by atoms with E-state index >= 15 is 0 Å². The van der Waals surface area contributed by atoms with Crippen LogP contribution < -0.4 is 5.32 Å². The quantitative estimate of drug-likeness (QED) is 0.673. The first-order chi connectivity index (χ1) is 8.94. The Balaban J connectivity index is 2.48. The van der Waals surface area contributed by atoms with E-state index in [-0.39, 0.29) is 5.69 Å². The Bertz CT molecular complexity index is 609. The number of nitro benzene ring substituents is 1. The first kappa shape index (κ1) is 13.7. The van der Waals surface area contributed by atoms with Crippen LogP contribution in [0.4, 0.5) is 11.4 Å². The van der Waals surface area contributed by atoms with Crippen LogP contribution in [0.25, 0.3) is 10.2 Å². The van der Waals surface area contributed by atoms with Gasteiger partial charge in [-0.15, -0.1) is 11.3 Å². The van der Waals surface area contributed by atoms with Gasteiger partial charge in [0.05, 0.1) is 27.3 Å². The highest BCUT2D eigenvalue weighted by atomic mass is 32.1. The summed E-state index contributed by atoms with van der Waals surface area (Å²) in [6, 6.07) is 3.56. The van der Waals surface area contributed by atoms with E-state index < -0.39 is 10.5 Å². The van der Waals surface area contributed by atoms with Gasteiger partial charge in [-0.2, -0.15) is 0 Å². The van der Waals surface area contributed by atoms with Gasteiger partial charge < -0.3 is 10.1 Å². The zero-order valence-electron chi connectivity index (χ0n) is 11.0. The number of rotatable bonds is 5. The van der Waals surface area contributed by atoms with Crippen molar-refractivity contribution in [3.63, 3.8) is 0 Å². The van der Waals surface area contributed by atoms with Crippen LogP contribution in [0.3, 0.4) is 0 Å². The Labute approximate surface area is 114 Å². The number of hydrogen-bond donors (Lipinski definition) is 1. The molecule has 7 heteroatoms. The lowest BCUT2D eigenvalue weighted by Gasteiger charge is -2.26. The second-order valence-corrected chi connectivity index (χ2v) is 5.75. The maximum absolute atomic E-state index is 11.3. The summed E-state index contributed by atoms with van der Waals surface area (Å²) in [5, 5.41) is 14.4. The van der Waals surface area contributed by atoms with Gasteiger partial charge in [0.1, 0.15) is 5.69 Å². The number of nitrogens with zero attached hydrogens (tertiary/aromatic N) is 2. The van der Waals surface area contributed by atoms with Crippen molar-refractivity contribution in [2.75, 3.05) is 19.0 Å². The molecule has 1 aromatic carbocycles. The van der Waals surface area contributed by atoms with E-state index in [1.807, 2.05) is 19.9 Å². The molecule has 0 saturated heterocycles. The fraction of sp³-hybridized carbons (Fsp3) is 0.417. The molecule has 0 radical (unpaired) electrons. The lowest BCUT2D eigenvalue weighted by molar-refractivity contribution is -0.382. The minimum Gasteiger partial charge on any atom is -0.382 e. The van der Waals surface area contributed by atoms with Gasteiger partial charge in [-0.1, -0.05) is 0 Å². The molecule has 0 fully saturated rings. The number of benzene rings is 1. The number of hydrogen-bond acceptors (Lipinski definition) is 6. The summed E-state index contributed by atoms with van der Waals surface area (Å²) < 4.78 is 5.91. The zero-order chi connectivity index (χ0) is 14.0. The third kappa shape index (κ3) is 2.82. The third-order valence-electron chi connectivity index (χ3n) is 2.64. The van der Waals surface area contributed by atoms with E-state index in [1.165, 1.54) is 11.3 Å². The molecule has 102 valence electrons. The van der Waals surface area contributed by atoms with E-state index in [0.29, 0.717) is 17.8 Å². The van der Waals surface area contributed by atoms with Crippen LogP contribution >= 0.6 is 11.3 Å². The molecule has 19 heavy (non-hydrogen) atoms. The third-order valence-corrected chi connectivity index (χ3v) is 3.43. The maximum atomic E-state index is 11.3. The molecule has 0 saturated carbocycles. The van der Waals surface area contributed by atoms with Crippen LogP contribution in [0.5, 0.6) is 0 Å². The molecule has 0 spiro atoms. The average Bonchev–Trinajstić information content (AvgIpc) is 2.75. The second-order valence-electron chi connectivity index (χ2n) is 4.86. The Morgan fingerprint density at radius 1 is 1.53 bits per heavy atom. The van der Waals surface area contributed by atoms with Crippen molar-refractivity contribution >= 4 is 32.9 Å². The molecule has 0 bridgehead atoms. The number of fused-ring (bicyclic) bond motifs is 1. The molecule has 0 aliphatic rings. The highest BCUT2D eigenvalue weighted by Gasteiger charge is 2.25. The zero-order valence-corrected chi connectivity index (χ0v) is 11.8. The van der Waals surface area contributed by atoms with Crippen LogP contribution in [-0.2, 0) is 4.74 Å². The van der Waals surface area contributed by atoms with E-state index in [9.17, 15) is 10.1 Å². The SMILES string of the molecule is COCC(C)(C)Nc1ccc2scnc2c1[N+](=O)[O-]. The van der Waals surface area contributed by atoms with Crippen LogP contribution in [-0.4, -0.2) is 29.2 Å². The Kier molecular flexibility index (Phi) is 3.68. The number of nitro groups is 1. The molecule has 0 amide bonds. The normalized spacial score (nSPS) is 11.7. The number of methoxy groups -OCH3 is 1. The second kappa shape index (κ2) is 5.10. The number of aromatic nitrogens is 1. The fourth-order valence-corrected chi connectivity index (χ4v) is 2.64. The van der Waals surface area contributed by atoms with Crippen molar-refractivity contribution in [1.29, 1.82) is 0 Å².